The molecule has 0 aromatic carbocycles. The molecule has 2 unspecified atom stereocenters. The minimum atomic E-state index is 0.249. The third-order valence-electron chi connectivity index (χ3n) is 4.20. The van der Waals surface area contributed by atoms with Crippen molar-refractivity contribution in [3.8, 4) is 5.82 Å². The van der Waals surface area contributed by atoms with E-state index in [9.17, 15) is 0 Å². The number of anilines is 1. The Labute approximate surface area is 124 Å². The molecule has 0 radical (unpaired) electrons. The van der Waals surface area contributed by atoms with Crippen LogP contribution in [0.5, 0.6) is 0 Å². The summed E-state index contributed by atoms with van der Waals surface area (Å²) in [6, 6.07) is 0. The minimum absolute atomic E-state index is 0.249. The Kier molecular flexibility index (Phi) is 3.88. The summed E-state index contributed by atoms with van der Waals surface area (Å²) in [5.74, 6) is 3.19. The van der Waals surface area contributed by atoms with Crippen LogP contribution in [0.2, 0.25) is 0 Å². The molecule has 2 aromatic rings. The van der Waals surface area contributed by atoms with E-state index in [2.05, 4.69) is 21.8 Å². The van der Waals surface area contributed by atoms with E-state index in [4.69, 9.17) is 9.72 Å². The standard InChI is InChI=1S/C15H21N5O/c1-11-4-6-19(10-13(11)21-3)14-8-16-9-15(18-14)20-7-5-17-12(20)2/h5,7-9,11,13H,4,6,10H2,1-3H3. The summed E-state index contributed by atoms with van der Waals surface area (Å²) in [7, 11) is 1.78. The number of nitrogens with zero attached hydrogens (tertiary/aromatic N) is 5. The third-order valence-corrected chi connectivity index (χ3v) is 4.20. The summed E-state index contributed by atoms with van der Waals surface area (Å²) in [5.41, 5.74) is 0. The lowest BCUT2D eigenvalue weighted by molar-refractivity contribution is 0.0496. The van der Waals surface area contributed by atoms with Gasteiger partial charge in [0.05, 0.1) is 18.5 Å². The van der Waals surface area contributed by atoms with Gasteiger partial charge in [-0.05, 0) is 19.3 Å². The molecule has 1 aliphatic rings. The molecular weight excluding hydrogens is 266 g/mol. The van der Waals surface area contributed by atoms with Gasteiger partial charge >= 0.3 is 0 Å². The smallest absolute Gasteiger partial charge is 0.159 e. The van der Waals surface area contributed by atoms with Crippen LogP contribution in [-0.4, -0.2) is 45.8 Å². The van der Waals surface area contributed by atoms with Crippen LogP contribution in [0, 0.1) is 12.8 Å². The molecule has 1 fully saturated rings. The number of methoxy groups -OCH3 is 1. The number of ether oxygens (including phenoxy) is 1. The van der Waals surface area contributed by atoms with Crippen molar-refractivity contribution in [2.24, 2.45) is 5.92 Å². The Balaban J connectivity index is 1.85. The molecule has 1 aliphatic heterocycles. The lowest BCUT2D eigenvalue weighted by Gasteiger charge is -2.36. The monoisotopic (exact) mass is 287 g/mol. The zero-order valence-corrected chi connectivity index (χ0v) is 12.7. The molecular formula is C15H21N5O. The molecule has 3 heterocycles. The lowest BCUT2D eigenvalue weighted by Crippen LogP contribution is -2.44. The van der Waals surface area contributed by atoms with Crippen molar-refractivity contribution in [2.75, 3.05) is 25.1 Å². The van der Waals surface area contributed by atoms with Crippen LogP contribution in [-0.2, 0) is 4.74 Å². The van der Waals surface area contributed by atoms with Crippen LogP contribution >= 0.6 is 0 Å². The third kappa shape index (κ3) is 2.76. The first kappa shape index (κ1) is 14.0. The zero-order valence-electron chi connectivity index (χ0n) is 12.7. The second-order valence-electron chi connectivity index (χ2n) is 5.57. The second-order valence-corrected chi connectivity index (χ2v) is 5.57. The van der Waals surface area contributed by atoms with E-state index < -0.39 is 0 Å². The predicted octanol–water partition coefficient (Wildman–Crippen LogP) is 1.83. The van der Waals surface area contributed by atoms with Crippen LogP contribution < -0.4 is 4.90 Å². The molecule has 0 amide bonds. The Morgan fingerprint density at radius 3 is 2.81 bits per heavy atom. The highest BCUT2D eigenvalue weighted by atomic mass is 16.5. The molecule has 2 aromatic heterocycles. The first-order valence-corrected chi connectivity index (χ1v) is 7.29. The number of rotatable bonds is 3. The summed E-state index contributed by atoms with van der Waals surface area (Å²) in [5, 5.41) is 0. The number of imidazole rings is 1. The molecule has 112 valence electrons. The van der Waals surface area contributed by atoms with Crippen molar-refractivity contribution in [2.45, 2.75) is 26.4 Å². The summed E-state index contributed by atoms with van der Waals surface area (Å²) >= 11 is 0. The van der Waals surface area contributed by atoms with Crippen molar-refractivity contribution in [3.05, 3.63) is 30.6 Å². The number of aromatic nitrogens is 4. The van der Waals surface area contributed by atoms with Crippen molar-refractivity contribution in [1.29, 1.82) is 0 Å². The minimum Gasteiger partial charge on any atom is -0.379 e. The Hall–Kier alpha value is -1.95. The first-order valence-electron chi connectivity index (χ1n) is 7.29. The van der Waals surface area contributed by atoms with Gasteiger partial charge in [0, 0.05) is 32.6 Å². The van der Waals surface area contributed by atoms with E-state index in [0.717, 1.165) is 37.0 Å². The van der Waals surface area contributed by atoms with Crippen LogP contribution in [0.25, 0.3) is 5.82 Å². The second kappa shape index (κ2) is 5.81. The van der Waals surface area contributed by atoms with E-state index in [0.29, 0.717) is 5.92 Å². The summed E-state index contributed by atoms with van der Waals surface area (Å²) in [4.78, 5) is 15.5. The van der Waals surface area contributed by atoms with Crippen molar-refractivity contribution in [3.63, 3.8) is 0 Å². The molecule has 21 heavy (non-hydrogen) atoms. The summed E-state index contributed by atoms with van der Waals surface area (Å²) in [6.07, 6.45) is 8.61. The Bertz CT molecular complexity index is 612. The molecule has 0 aliphatic carbocycles. The predicted molar refractivity (Wildman–Crippen MR) is 80.7 cm³/mol. The fourth-order valence-electron chi connectivity index (χ4n) is 2.78. The fourth-order valence-corrected chi connectivity index (χ4v) is 2.78. The lowest BCUT2D eigenvalue weighted by atomic mass is 9.96. The molecule has 6 nitrogen and oxygen atoms in total. The van der Waals surface area contributed by atoms with Gasteiger partial charge in [0.25, 0.3) is 0 Å². The number of hydrogen-bond acceptors (Lipinski definition) is 5. The first-order chi connectivity index (χ1) is 10.2. The number of hydrogen-bond donors (Lipinski definition) is 0. The van der Waals surface area contributed by atoms with Crippen molar-refractivity contribution >= 4 is 5.82 Å². The van der Waals surface area contributed by atoms with Crippen LogP contribution in [0.15, 0.2) is 24.8 Å². The summed E-state index contributed by atoms with van der Waals surface area (Å²) < 4.78 is 7.51. The molecule has 0 N–H and O–H groups in total. The topological polar surface area (TPSA) is 56.1 Å². The quantitative estimate of drug-likeness (QED) is 0.862. The molecule has 0 bridgehead atoms. The van der Waals surface area contributed by atoms with Gasteiger partial charge in [-0.2, -0.15) is 0 Å². The van der Waals surface area contributed by atoms with Gasteiger partial charge in [0.2, 0.25) is 0 Å². The molecule has 0 spiro atoms. The highest BCUT2D eigenvalue weighted by Gasteiger charge is 2.27. The fraction of sp³-hybridized carbons (Fsp3) is 0.533. The maximum absolute atomic E-state index is 5.57. The van der Waals surface area contributed by atoms with Gasteiger partial charge < -0.3 is 9.64 Å². The zero-order chi connectivity index (χ0) is 14.8. The maximum Gasteiger partial charge on any atom is 0.159 e. The highest BCUT2D eigenvalue weighted by molar-refractivity contribution is 5.40. The Morgan fingerprint density at radius 1 is 1.29 bits per heavy atom. The van der Waals surface area contributed by atoms with Gasteiger partial charge in [0.15, 0.2) is 5.82 Å². The molecule has 0 saturated carbocycles. The number of piperidine rings is 1. The number of aryl methyl sites for hydroxylation is 1. The van der Waals surface area contributed by atoms with Crippen LogP contribution in [0.4, 0.5) is 5.82 Å². The normalized spacial score (nSPS) is 22.5. The van der Waals surface area contributed by atoms with Gasteiger partial charge in [-0.1, -0.05) is 6.92 Å². The van der Waals surface area contributed by atoms with E-state index in [1.54, 1.807) is 19.5 Å². The van der Waals surface area contributed by atoms with Gasteiger partial charge in [0.1, 0.15) is 11.6 Å². The molecule has 2 atom stereocenters. The van der Waals surface area contributed by atoms with Crippen molar-refractivity contribution in [1.82, 2.24) is 19.5 Å². The summed E-state index contributed by atoms with van der Waals surface area (Å²) in [6.45, 7) is 6.04. The average molecular weight is 287 g/mol. The van der Waals surface area contributed by atoms with Crippen LogP contribution in [0.1, 0.15) is 19.2 Å². The van der Waals surface area contributed by atoms with Crippen molar-refractivity contribution < 1.29 is 4.74 Å². The van der Waals surface area contributed by atoms with E-state index in [-0.39, 0.29) is 6.10 Å². The van der Waals surface area contributed by atoms with Gasteiger partial charge in [-0.3, -0.25) is 9.55 Å². The van der Waals surface area contributed by atoms with E-state index in [1.165, 1.54) is 0 Å². The van der Waals surface area contributed by atoms with Crippen LogP contribution in [0.3, 0.4) is 0 Å². The SMILES string of the molecule is COC1CN(c2cncc(-n3ccnc3C)n2)CCC1C. The molecule has 1 saturated heterocycles. The van der Waals surface area contributed by atoms with E-state index in [1.807, 2.05) is 23.9 Å². The highest BCUT2D eigenvalue weighted by Crippen LogP contribution is 2.23. The molecule has 3 rings (SSSR count). The maximum atomic E-state index is 5.57. The molecule has 6 heteroatoms. The van der Waals surface area contributed by atoms with Gasteiger partial charge in [-0.15, -0.1) is 0 Å². The largest absolute Gasteiger partial charge is 0.379 e. The van der Waals surface area contributed by atoms with E-state index >= 15 is 0 Å². The Morgan fingerprint density at radius 2 is 2.10 bits per heavy atom. The average Bonchev–Trinajstić information content (AvgIpc) is 2.94. The van der Waals surface area contributed by atoms with Gasteiger partial charge in [-0.25, -0.2) is 9.97 Å².